The van der Waals surface area contributed by atoms with Gasteiger partial charge in [-0.15, -0.1) is 0 Å². The van der Waals surface area contributed by atoms with Crippen LogP contribution < -0.4 is 19.7 Å². The first-order valence-electron chi connectivity index (χ1n) is 10.3. The van der Waals surface area contributed by atoms with Crippen LogP contribution in [0.2, 0.25) is 15.1 Å². The lowest BCUT2D eigenvalue weighted by molar-refractivity contribution is -0.113. The van der Waals surface area contributed by atoms with E-state index in [1.54, 1.807) is 48.5 Å². The number of carbonyl (C=O) groups is 2. The van der Waals surface area contributed by atoms with E-state index in [1.165, 1.54) is 6.08 Å². The zero-order valence-corrected chi connectivity index (χ0v) is 20.2. The largest absolute Gasteiger partial charge is 0.490 e. The minimum atomic E-state index is -0.572. The van der Waals surface area contributed by atoms with Crippen molar-refractivity contribution >= 4 is 58.5 Å². The van der Waals surface area contributed by atoms with Crippen LogP contribution in [0.15, 0.2) is 66.4 Å². The van der Waals surface area contributed by atoms with Crippen LogP contribution in [0.25, 0.3) is 6.08 Å². The Morgan fingerprint density at radius 2 is 1.71 bits per heavy atom. The van der Waals surface area contributed by atoms with E-state index in [0.717, 1.165) is 10.5 Å². The van der Waals surface area contributed by atoms with E-state index in [4.69, 9.17) is 44.3 Å². The van der Waals surface area contributed by atoms with Gasteiger partial charge in [-0.3, -0.25) is 4.79 Å². The number of urea groups is 1. The molecule has 0 saturated carbocycles. The highest BCUT2D eigenvalue weighted by molar-refractivity contribution is 6.33. The Labute approximate surface area is 211 Å². The number of imide groups is 1. The molecule has 174 valence electrons. The first-order valence-corrected chi connectivity index (χ1v) is 11.5. The van der Waals surface area contributed by atoms with Crippen molar-refractivity contribution < 1.29 is 19.1 Å². The van der Waals surface area contributed by atoms with E-state index in [0.29, 0.717) is 44.4 Å². The molecule has 0 aromatic heterocycles. The fourth-order valence-corrected chi connectivity index (χ4v) is 3.95. The lowest BCUT2D eigenvalue weighted by Gasteiger charge is -2.15. The van der Waals surface area contributed by atoms with Gasteiger partial charge in [-0.25, -0.2) is 9.69 Å². The Bertz CT molecular complexity index is 1280. The molecular weight excluding hydrogens is 499 g/mol. The molecule has 0 aliphatic carbocycles. The molecule has 1 heterocycles. The maximum Gasteiger partial charge on any atom is 0.333 e. The fourth-order valence-electron chi connectivity index (χ4n) is 3.36. The number of nitrogens with one attached hydrogen (secondary N) is 1. The number of nitrogens with zero attached hydrogens (tertiary/aromatic N) is 1. The van der Waals surface area contributed by atoms with Gasteiger partial charge in [0.25, 0.3) is 5.91 Å². The number of hydrogen-bond acceptors (Lipinski definition) is 4. The van der Waals surface area contributed by atoms with Crippen molar-refractivity contribution in [3.8, 4) is 11.5 Å². The summed E-state index contributed by atoms with van der Waals surface area (Å²) in [6, 6.07) is 16.5. The lowest BCUT2D eigenvalue weighted by Crippen LogP contribution is -2.30. The summed E-state index contributed by atoms with van der Waals surface area (Å²) in [7, 11) is 0. The molecule has 1 fully saturated rings. The molecule has 0 bridgehead atoms. The molecule has 0 atom stereocenters. The molecule has 0 radical (unpaired) electrons. The molecule has 4 rings (SSSR count). The predicted octanol–water partition coefficient (Wildman–Crippen LogP) is 6.72. The summed E-state index contributed by atoms with van der Waals surface area (Å²) in [6.07, 6.45) is 1.53. The number of amides is 3. The van der Waals surface area contributed by atoms with Crippen molar-refractivity contribution in [1.82, 2.24) is 5.32 Å². The minimum Gasteiger partial charge on any atom is -0.490 e. The molecule has 3 amide bonds. The molecule has 9 heteroatoms. The Kier molecular flexibility index (Phi) is 7.32. The lowest BCUT2D eigenvalue weighted by atomic mass is 10.1. The van der Waals surface area contributed by atoms with Gasteiger partial charge in [0.05, 0.1) is 17.3 Å². The van der Waals surface area contributed by atoms with Crippen LogP contribution in [0.1, 0.15) is 18.1 Å². The average Bonchev–Trinajstić information content (AvgIpc) is 3.07. The third-order valence-corrected chi connectivity index (χ3v) is 5.65. The Balaban J connectivity index is 1.60. The Morgan fingerprint density at radius 1 is 0.941 bits per heavy atom. The second-order valence-corrected chi connectivity index (χ2v) is 8.57. The summed E-state index contributed by atoms with van der Waals surface area (Å²) < 4.78 is 11.6. The fraction of sp³-hybridized carbons (Fsp3) is 0.120. The summed E-state index contributed by atoms with van der Waals surface area (Å²) in [4.78, 5) is 26.4. The SMILES string of the molecule is CCOc1cc(/C=C2/NC(=O)N(c3cccc(Cl)c3)C2=O)cc(Cl)c1OCc1ccc(Cl)cc1. The van der Waals surface area contributed by atoms with Gasteiger partial charge in [0.15, 0.2) is 11.5 Å². The molecule has 6 nitrogen and oxygen atoms in total. The number of hydrogen-bond donors (Lipinski definition) is 1. The van der Waals surface area contributed by atoms with E-state index in [2.05, 4.69) is 5.32 Å². The van der Waals surface area contributed by atoms with E-state index in [9.17, 15) is 9.59 Å². The van der Waals surface area contributed by atoms with E-state index in [1.807, 2.05) is 19.1 Å². The summed E-state index contributed by atoms with van der Waals surface area (Å²) in [6.45, 7) is 2.48. The zero-order chi connectivity index (χ0) is 24.2. The number of anilines is 1. The summed E-state index contributed by atoms with van der Waals surface area (Å²) in [5, 5.41) is 3.94. The van der Waals surface area contributed by atoms with Gasteiger partial charge in [-0.05, 0) is 66.6 Å². The van der Waals surface area contributed by atoms with Crippen LogP contribution >= 0.6 is 34.8 Å². The highest BCUT2D eigenvalue weighted by atomic mass is 35.5. The van der Waals surface area contributed by atoms with Gasteiger partial charge in [-0.1, -0.05) is 53.0 Å². The van der Waals surface area contributed by atoms with Crippen molar-refractivity contribution in [1.29, 1.82) is 0 Å². The van der Waals surface area contributed by atoms with Gasteiger partial charge in [-0.2, -0.15) is 0 Å². The monoisotopic (exact) mass is 516 g/mol. The zero-order valence-electron chi connectivity index (χ0n) is 18.0. The molecule has 1 N–H and O–H groups in total. The van der Waals surface area contributed by atoms with Crippen molar-refractivity contribution in [3.05, 3.63) is 92.6 Å². The molecule has 1 saturated heterocycles. The van der Waals surface area contributed by atoms with Crippen LogP contribution in [0.5, 0.6) is 11.5 Å². The second kappa shape index (κ2) is 10.4. The first-order chi connectivity index (χ1) is 16.4. The molecule has 34 heavy (non-hydrogen) atoms. The predicted molar refractivity (Wildman–Crippen MR) is 134 cm³/mol. The van der Waals surface area contributed by atoms with Gasteiger partial charge in [0, 0.05) is 10.0 Å². The summed E-state index contributed by atoms with van der Waals surface area (Å²) >= 11 is 18.4. The van der Waals surface area contributed by atoms with Crippen molar-refractivity contribution in [2.75, 3.05) is 11.5 Å². The van der Waals surface area contributed by atoms with Crippen LogP contribution in [0.4, 0.5) is 10.5 Å². The Morgan fingerprint density at radius 3 is 2.41 bits per heavy atom. The van der Waals surface area contributed by atoms with E-state index < -0.39 is 11.9 Å². The number of ether oxygens (including phenoxy) is 2. The minimum absolute atomic E-state index is 0.0957. The van der Waals surface area contributed by atoms with Crippen LogP contribution in [-0.2, 0) is 11.4 Å². The standard InChI is InChI=1S/C25H19Cl3N2O4/c1-2-33-22-12-16(10-20(28)23(22)34-14-15-6-8-17(26)9-7-15)11-21-24(31)30(25(32)29-21)19-5-3-4-18(27)13-19/h3-13H,2,14H2,1H3,(H,29,32)/b21-11+. The summed E-state index contributed by atoms with van der Waals surface area (Å²) in [5.41, 5.74) is 1.94. The molecule has 3 aromatic rings. The van der Waals surface area contributed by atoms with Gasteiger partial charge < -0.3 is 14.8 Å². The van der Waals surface area contributed by atoms with Crippen LogP contribution in [0, 0.1) is 0 Å². The smallest absolute Gasteiger partial charge is 0.333 e. The van der Waals surface area contributed by atoms with Crippen LogP contribution in [0.3, 0.4) is 0 Å². The quantitative estimate of drug-likeness (QED) is 0.279. The number of benzene rings is 3. The molecule has 0 unspecified atom stereocenters. The number of rotatable bonds is 7. The van der Waals surface area contributed by atoms with Gasteiger partial charge in [0.1, 0.15) is 12.3 Å². The molecular formula is C25H19Cl3N2O4. The van der Waals surface area contributed by atoms with Crippen LogP contribution in [-0.4, -0.2) is 18.5 Å². The number of carbonyl (C=O) groups excluding carboxylic acids is 2. The van der Waals surface area contributed by atoms with Gasteiger partial charge in [0.2, 0.25) is 0 Å². The van der Waals surface area contributed by atoms with Gasteiger partial charge >= 0.3 is 6.03 Å². The molecule has 1 aliphatic rings. The number of halogens is 3. The molecule has 0 spiro atoms. The second-order valence-electron chi connectivity index (χ2n) is 7.29. The van der Waals surface area contributed by atoms with E-state index >= 15 is 0 Å². The van der Waals surface area contributed by atoms with Crippen molar-refractivity contribution in [2.24, 2.45) is 0 Å². The maximum absolute atomic E-state index is 12.9. The maximum atomic E-state index is 12.9. The third-order valence-electron chi connectivity index (χ3n) is 4.88. The normalized spacial score (nSPS) is 14.5. The van der Waals surface area contributed by atoms with Crippen molar-refractivity contribution in [2.45, 2.75) is 13.5 Å². The van der Waals surface area contributed by atoms with Crippen molar-refractivity contribution in [3.63, 3.8) is 0 Å². The summed E-state index contributed by atoms with van der Waals surface area (Å²) in [5.74, 6) is 0.284. The topological polar surface area (TPSA) is 67.9 Å². The van der Waals surface area contributed by atoms with E-state index in [-0.39, 0.29) is 12.3 Å². The average molecular weight is 518 g/mol. The molecule has 1 aliphatic heterocycles. The third kappa shape index (κ3) is 5.30. The Hall–Kier alpha value is -3.19. The molecule has 3 aromatic carbocycles. The highest BCUT2D eigenvalue weighted by Crippen LogP contribution is 2.38. The first kappa shape index (κ1) is 24.0. The highest BCUT2D eigenvalue weighted by Gasteiger charge is 2.35.